The zero-order chi connectivity index (χ0) is 21.2. The quantitative estimate of drug-likeness (QED) is 0.805. The van der Waals surface area contributed by atoms with Crippen molar-refractivity contribution in [1.82, 2.24) is 9.62 Å². The van der Waals surface area contributed by atoms with Crippen LogP contribution in [0.25, 0.3) is 0 Å². The Balaban J connectivity index is 1.70. The Morgan fingerprint density at radius 2 is 1.86 bits per heavy atom. The number of piperidine rings is 1. The van der Waals surface area contributed by atoms with Crippen LogP contribution in [0.4, 0.5) is 4.39 Å². The minimum atomic E-state index is -3.75. The van der Waals surface area contributed by atoms with Crippen LogP contribution in [-0.2, 0) is 14.8 Å². The Labute approximate surface area is 172 Å². The lowest BCUT2D eigenvalue weighted by Crippen LogP contribution is -2.45. The summed E-state index contributed by atoms with van der Waals surface area (Å²) in [5.41, 5.74) is 3.29. The fraction of sp³-hybridized carbons (Fsp3) is 0.409. The first-order valence-electron chi connectivity index (χ1n) is 9.81. The summed E-state index contributed by atoms with van der Waals surface area (Å²) in [6.45, 7) is 6.45. The van der Waals surface area contributed by atoms with Crippen molar-refractivity contribution in [2.24, 2.45) is 5.92 Å². The van der Waals surface area contributed by atoms with Gasteiger partial charge in [-0.1, -0.05) is 23.8 Å². The van der Waals surface area contributed by atoms with Crippen LogP contribution in [0.5, 0.6) is 0 Å². The summed E-state index contributed by atoms with van der Waals surface area (Å²) in [7, 11) is -3.75. The third-order valence-electron chi connectivity index (χ3n) is 5.47. The van der Waals surface area contributed by atoms with Crippen LogP contribution in [0.2, 0.25) is 0 Å². The number of aryl methyl sites for hydroxylation is 2. The molecule has 0 unspecified atom stereocenters. The first-order valence-corrected chi connectivity index (χ1v) is 11.3. The summed E-state index contributed by atoms with van der Waals surface area (Å²) in [6, 6.07) is 10.8. The van der Waals surface area contributed by atoms with Crippen molar-refractivity contribution in [3.05, 3.63) is 65.0 Å². The highest BCUT2D eigenvalue weighted by Crippen LogP contribution is 2.25. The molecular formula is C22H27FN2O3S. The van der Waals surface area contributed by atoms with E-state index in [-0.39, 0.29) is 23.4 Å². The van der Waals surface area contributed by atoms with Gasteiger partial charge in [0, 0.05) is 13.1 Å². The Morgan fingerprint density at radius 3 is 2.55 bits per heavy atom. The molecule has 0 saturated carbocycles. The number of carbonyl (C=O) groups excluding carboxylic acids is 1. The lowest BCUT2D eigenvalue weighted by molar-refractivity contribution is -0.126. The minimum absolute atomic E-state index is 0.0451. The van der Waals surface area contributed by atoms with E-state index in [0.717, 1.165) is 28.8 Å². The van der Waals surface area contributed by atoms with Crippen molar-refractivity contribution < 1.29 is 17.6 Å². The Kier molecular flexibility index (Phi) is 6.39. The number of amides is 1. The van der Waals surface area contributed by atoms with Crippen LogP contribution in [-0.4, -0.2) is 31.7 Å². The third kappa shape index (κ3) is 4.85. The number of carbonyl (C=O) groups is 1. The lowest BCUT2D eigenvalue weighted by atomic mass is 9.96. The molecule has 0 spiro atoms. The minimum Gasteiger partial charge on any atom is -0.349 e. The van der Waals surface area contributed by atoms with Gasteiger partial charge >= 0.3 is 0 Å². The summed E-state index contributed by atoms with van der Waals surface area (Å²) in [5.74, 6) is -1.04. The SMILES string of the molecule is Cc1ccc(C)c([C@@H](C)NC(=O)[C@@H]2CCCN(S(=O)(=O)c3ccc(F)cc3)C2)c1. The Bertz CT molecular complexity index is 990. The van der Waals surface area contributed by atoms with Gasteiger partial charge in [-0.05, 0) is 69.0 Å². The normalized spacial score (nSPS) is 19.0. The number of rotatable bonds is 5. The summed E-state index contributed by atoms with van der Waals surface area (Å²) in [4.78, 5) is 12.9. The van der Waals surface area contributed by atoms with Gasteiger partial charge < -0.3 is 5.32 Å². The molecule has 1 fully saturated rings. The number of benzene rings is 2. The number of halogens is 1. The Morgan fingerprint density at radius 1 is 1.17 bits per heavy atom. The molecule has 0 radical (unpaired) electrons. The predicted molar refractivity (Wildman–Crippen MR) is 110 cm³/mol. The van der Waals surface area contributed by atoms with Crippen LogP contribution in [0.15, 0.2) is 47.4 Å². The van der Waals surface area contributed by atoms with E-state index in [4.69, 9.17) is 0 Å². The molecule has 2 atom stereocenters. The predicted octanol–water partition coefficient (Wildman–Crippen LogP) is 3.72. The van der Waals surface area contributed by atoms with Crippen molar-refractivity contribution in [3.63, 3.8) is 0 Å². The molecule has 5 nitrogen and oxygen atoms in total. The second-order valence-corrected chi connectivity index (χ2v) is 9.68. The third-order valence-corrected chi connectivity index (χ3v) is 7.35. The first kappa shape index (κ1) is 21.5. The van der Waals surface area contributed by atoms with Crippen molar-refractivity contribution in [2.45, 2.75) is 44.6 Å². The summed E-state index contributed by atoms with van der Waals surface area (Å²) in [6.07, 6.45) is 1.25. The number of nitrogens with zero attached hydrogens (tertiary/aromatic N) is 1. The molecule has 2 aromatic carbocycles. The van der Waals surface area contributed by atoms with E-state index >= 15 is 0 Å². The maximum Gasteiger partial charge on any atom is 0.243 e. The standard InChI is InChI=1S/C22H27FN2O3S/c1-15-6-7-16(2)21(13-15)17(3)24-22(26)18-5-4-12-25(14-18)29(27,28)20-10-8-19(23)9-11-20/h6-11,13,17-18H,4-5,12,14H2,1-3H3,(H,24,26)/t17-,18-/m1/s1. The van der Waals surface area contributed by atoms with Crippen molar-refractivity contribution in [1.29, 1.82) is 0 Å². The maximum absolute atomic E-state index is 13.1. The molecule has 29 heavy (non-hydrogen) atoms. The van der Waals surface area contributed by atoms with E-state index in [2.05, 4.69) is 11.4 Å². The van der Waals surface area contributed by atoms with E-state index in [1.807, 2.05) is 32.9 Å². The highest BCUT2D eigenvalue weighted by molar-refractivity contribution is 7.89. The average molecular weight is 419 g/mol. The summed E-state index contributed by atoms with van der Waals surface area (Å²) < 4.78 is 40.2. The first-order chi connectivity index (χ1) is 13.7. The second kappa shape index (κ2) is 8.63. The smallest absolute Gasteiger partial charge is 0.243 e. The number of nitrogens with one attached hydrogen (secondary N) is 1. The molecule has 1 heterocycles. The van der Waals surface area contributed by atoms with Crippen LogP contribution in [0.3, 0.4) is 0 Å². The van der Waals surface area contributed by atoms with Gasteiger partial charge in [0.1, 0.15) is 5.82 Å². The molecule has 0 aliphatic carbocycles. The molecule has 1 saturated heterocycles. The molecule has 3 rings (SSSR count). The zero-order valence-electron chi connectivity index (χ0n) is 17.0. The molecule has 1 N–H and O–H groups in total. The second-order valence-electron chi connectivity index (χ2n) is 7.75. The highest BCUT2D eigenvalue weighted by Gasteiger charge is 2.33. The molecule has 2 aromatic rings. The van der Waals surface area contributed by atoms with Crippen molar-refractivity contribution >= 4 is 15.9 Å². The number of hydrogen-bond acceptors (Lipinski definition) is 3. The van der Waals surface area contributed by atoms with E-state index in [0.29, 0.717) is 19.4 Å². The van der Waals surface area contributed by atoms with Crippen LogP contribution >= 0.6 is 0 Å². The molecule has 1 aliphatic heterocycles. The maximum atomic E-state index is 13.1. The van der Waals surface area contributed by atoms with E-state index in [1.54, 1.807) is 0 Å². The topological polar surface area (TPSA) is 66.5 Å². The monoisotopic (exact) mass is 418 g/mol. The van der Waals surface area contributed by atoms with Gasteiger partial charge in [-0.15, -0.1) is 0 Å². The largest absolute Gasteiger partial charge is 0.349 e. The molecular weight excluding hydrogens is 391 g/mol. The summed E-state index contributed by atoms with van der Waals surface area (Å²) in [5, 5.41) is 3.04. The van der Waals surface area contributed by atoms with Gasteiger partial charge in [0.2, 0.25) is 15.9 Å². The average Bonchev–Trinajstić information content (AvgIpc) is 2.70. The van der Waals surface area contributed by atoms with Crippen LogP contribution in [0.1, 0.15) is 42.5 Å². The molecule has 0 bridgehead atoms. The van der Waals surface area contributed by atoms with Gasteiger partial charge in [-0.3, -0.25) is 4.79 Å². The molecule has 1 amide bonds. The van der Waals surface area contributed by atoms with Gasteiger partial charge in [-0.2, -0.15) is 4.31 Å². The van der Waals surface area contributed by atoms with Gasteiger partial charge in [0.05, 0.1) is 16.9 Å². The van der Waals surface area contributed by atoms with E-state index in [9.17, 15) is 17.6 Å². The lowest BCUT2D eigenvalue weighted by Gasteiger charge is -2.32. The summed E-state index contributed by atoms with van der Waals surface area (Å²) >= 11 is 0. The van der Waals surface area contributed by atoms with Gasteiger partial charge in [0.15, 0.2) is 0 Å². The van der Waals surface area contributed by atoms with Crippen LogP contribution < -0.4 is 5.32 Å². The van der Waals surface area contributed by atoms with Crippen LogP contribution in [0, 0.1) is 25.6 Å². The van der Waals surface area contributed by atoms with Gasteiger partial charge in [0.25, 0.3) is 0 Å². The fourth-order valence-corrected chi connectivity index (χ4v) is 5.29. The highest BCUT2D eigenvalue weighted by atomic mass is 32.2. The van der Waals surface area contributed by atoms with E-state index < -0.39 is 21.8 Å². The van der Waals surface area contributed by atoms with Crippen molar-refractivity contribution in [2.75, 3.05) is 13.1 Å². The molecule has 0 aromatic heterocycles. The Hall–Kier alpha value is -2.25. The van der Waals surface area contributed by atoms with Gasteiger partial charge in [-0.25, -0.2) is 12.8 Å². The molecule has 156 valence electrons. The van der Waals surface area contributed by atoms with Crippen molar-refractivity contribution in [3.8, 4) is 0 Å². The molecule has 1 aliphatic rings. The zero-order valence-corrected chi connectivity index (χ0v) is 17.8. The fourth-order valence-electron chi connectivity index (χ4n) is 3.77. The molecule has 7 heteroatoms. The number of sulfonamides is 1. The number of hydrogen-bond donors (Lipinski definition) is 1. The van der Waals surface area contributed by atoms with E-state index in [1.165, 1.54) is 16.4 Å².